The normalized spacial score (nSPS) is 10.6. The molecule has 1 amide bonds. The molecule has 0 spiro atoms. The van der Waals surface area contributed by atoms with Gasteiger partial charge in [-0.15, -0.1) is 0 Å². The van der Waals surface area contributed by atoms with Crippen LogP contribution in [-0.4, -0.2) is 71.1 Å². The number of carbonyl (C=O) groups excluding carboxylic acids is 2. The Labute approximate surface area is 126 Å². The smallest absolute Gasteiger partial charge is 0.245 e. The number of ether oxygens (including phenoxy) is 4. The molecule has 21 heavy (non-hydrogen) atoms. The number of nitrogens with one attached hydrogen (secondary N) is 1. The minimum Gasteiger partial charge on any atom is -0.377 e. The molecule has 0 unspecified atom stereocenters. The molecule has 0 saturated carbocycles. The summed E-state index contributed by atoms with van der Waals surface area (Å²) >= 11 is 0. The van der Waals surface area contributed by atoms with Gasteiger partial charge in [-0.2, -0.15) is 0 Å². The van der Waals surface area contributed by atoms with Crippen LogP contribution in [0.2, 0.25) is 0 Å². The number of ketones is 1. The van der Waals surface area contributed by atoms with E-state index in [0.29, 0.717) is 46.2 Å². The van der Waals surface area contributed by atoms with Crippen LogP contribution in [0.15, 0.2) is 0 Å². The topological polar surface area (TPSA) is 83.1 Å². The second-order valence-electron chi connectivity index (χ2n) is 4.38. The van der Waals surface area contributed by atoms with Crippen LogP contribution in [-0.2, 0) is 28.5 Å². The molecule has 0 aromatic heterocycles. The van der Waals surface area contributed by atoms with Gasteiger partial charge in [0.25, 0.3) is 0 Å². The summed E-state index contributed by atoms with van der Waals surface area (Å²) in [6.45, 7) is 6.88. The predicted octanol–water partition coefficient (Wildman–Crippen LogP) is 0.168. The van der Waals surface area contributed by atoms with E-state index in [9.17, 15) is 9.59 Å². The number of Topliss-reactive ketones (excluding diaryl/α,β-unsaturated/α-hetero) is 1. The predicted molar refractivity (Wildman–Crippen MR) is 77.3 cm³/mol. The van der Waals surface area contributed by atoms with Crippen LogP contribution in [0.25, 0.3) is 0 Å². The second-order valence-corrected chi connectivity index (χ2v) is 4.38. The van der Waals surface area contributed by atoms with Gasteiger partial charge >= 0.3 is 0 Å². The molecule has 0 fully saturated rings. The van der Waals surface area contributed by atoms with Crippen molar-refractivity contribution in [2.75, 3.05) is 59.4 Å². The van der Waals surface area contributed by atoms with Gasteiger partial charge < -0.3 is 24.3 Å². The Morgan fingerprint density at radius 1 is 0.810 bits per heavy atom. The second kappa shape index (κ2) is 15.4. The third kappa shape index (κ3) is 16.9. The van der Waals surface area contributed by atoms with Crippen molar-refractivity contribution in [1.82, 2.24) is 5.32 Å². The van der Waals surface area contributed by atoms with Crippen molar-refractivity contribution < 1.29 is 28.5 Å². The monoisotopic (exact) mass is 305 g/mol. The molecule has 0 atom stereocenters. The highest BCUT2D eigenvalue weighted by Gasteiger charge is 1.99. The van der Waals surface area contributed by atoms with E-state index in [1.54, 1.807) is 0 Å². The fourth-order valence-corrected chi connectivity index (χ4v) is 1.25. The van der Waals surface area contributed by atoms with E-state index in [1.165, 1.54) is 6.92 Å². The molecule has 0 rings (SSSR count). The van der Waals surface area contributed by atoms with E-state index in [4.69, 9.17) is 18.9 Å². The van der Waals surface area contributed by atoms with E-state index in [-0.39, 0.29) is 24.9 Å². The van der Waals surface area contributed by atoms with Crippen molar-refractivity contribution >= 4 is 11.7 Å². The molecule has 0 bridgehead atoms. The van der Waals surface area contributed by atoms with Gasteiger partial charge in [0.2, 0.25) is 5.91 Å². The third-order valence-corrected chi connectivity index (χ3v) is 2.23. The van der Waals surface area contributed by atoms with E-state index in [1.807, 2.05) is 6.92 Å². The number of hydrogen-bond acceptors (Lipinski definition) is 6. The van der Waals surface area contributed by atoms with E-state index in [0.717, 1.165) is 6.42 Å². The van der Waals surface area contributed by atoms with Crippen molar-refractivity contribution in [2.45, 2.75) is 20.3 Å². The summed E-state index contributed by atoms with van der Waals surface area (Å²) in [6.07, 6.45) is 0.911. The first-order valence-electron chi connectivity index (χ1n) is 7.24. The van der Waals surface area contributed by atoms with Gasteiger partial charge in [0, 0.05) is 6.54 Å². The van der Waals surface area contributed by atoms with E-state index >= 15 is 0 Å². The maximum absolute atomic E-state index is 11.2. The molecule has 0 heterocycles. The summed E-state index contributed by atoms with van der Waals surface area (Å²) in [6, 6.07) is 0. The van der Waals surface area contributed by atoms with Gasteiger partial charge in [0.15, 0.2) is 5.78 Å². The molecule has 1 N–H and O–H groups in total. The van der Waals surface area contributed by atoms with Crippen LogP contribution in [0.5, 0.6) is 0 Å². The molecule has 124 valence electrons. The SMILES string of the molecule is CCCNC(=O)COCCOCCOCCOCC(C)=O. The highest BCUT2D eigenvalue weighted by Crippen LogP contribution is 1.83. The molecular weight excluding hydrogens is 278 g/mol. The summed E-state index contributed by atoms with van der Waals surface area (Å²) in [5, 5.41) is 2.72. The average Bonchev–Trinajstić information content (AvgIpc) is 2.45. The minimum atomic E-state index is -0.106. The maximum atomic E-state index is 11.2. The Bertz CT molecular complexity index is 272. The number of hydrogen-bond donors (Lipinski definition) is 1. The first kappa shape index (κ1) is 20.0. The molecule has 0 aliphatic rings. The lowest BCUT2D eigenvalue weighted by molar-refractivity contribution is -0.126. The van der Waals surface area contributed by atoms with Gasteiger partial charge in [-0.3, -0.25) is 9.59 Å². The fraction of sp³-hybridized carbons (Fsp3) is 0.857. The highest BCUT2D eigenvalue weighted by atomic mass is 16.6. The fourth-order valence-electron chi connectivity index (χ4n) is 1.25. The third-order valence-electron chi connectivity index (χ3n) is 2.23. The van der Waals surface area contributed by atoms with Gasteiger partial charge in [-0.1, -0.05) is 6.92 Å². The molecule has 7 heteroatoms. The Kier molecular flexibility index (Phi) is 14.6. The highest BCUT2D eigenvalue weighted by molar-refractivity contribution is 5.77. The van der Waals surface area contributed by atoms with E-state index in [2.05, 4.69) is 5.32 Å². The summed E-state index contributed by atoms with van der Waals surface area (Å²) < 4.78 is 20.7. The summed E-state index contributed by atoms with van der Waals surface area (Å²) in [5.74, 6) is -0.104. The molecule has 0 saturated heterocycles. The van der Waals surface area contributed by atoms with Crippen LogP contribution >= 0.6 is 0 Å². The molecule has 0 aromatic carbocycles. The number of amides is 1. The van der Waals surface area contributed by atoms with Gasteiger partial charge in [0.05, 0.1) is 39.6 Å². The first-order chi connectivity index (χ1) is 10.2. The number of carbonyl (C=O) groups is 2. The van der Waals surface area contributed by atoms with Crippen molar-refractivity contribution in [3.8, 4) is 0 Å². The van der Waals surface area contributed by atoms with Gasteiger partial charge in [-0.05, 0) is 13.3 Å². The number of rotatable bonds is 15. The molecule has 0 aliphatic heterocycles. The first-order valence-corrected chi connectivity index (χ1v) is 7.24. The van der Waals surface area contributed by atoms with Crippen molar-refractivity contribution in [3.05, 3.63) is 0 Å². The van der Waals surface area contributed by atoms with Crippen LogP contribution in [0.4, 0.5) is 0 Å². The van der Waals surface area contributed by atoms with Crippen LogP contribution in [0.3, 0.4) is 0 Å². The summed E-state index contributed by atoms with van der Waals surface area (Å²) in [4.78, 5) is 21.7. The zero-order valence-electron chi connectivity index (χ0n) is 13.0. The molecule has 7 nitrogen and oxygen atoms in total. The van der Waals surface area contributed by atoms with Crippen molar-refractivity contribution in [1.29, 1.82) is 0 Å². The molecular formula is C14H27NO6. The average molecular weight is 305 g/mol. The summed E-state index contributed by atoms with van der Waals surface area (Å²) in [7, 11) is 0. The van der Waals surface area contributed by atoms with Crippen molar-refractivity contribution in [2.24, 2.45) is 0 Å². The molecule has 0 aromatic rings. The van der Waals surface area contributed by atoms with Crippen LogP contribution in [0.1, 0.15) is 20.3 Å². The Morgan fingerprint density at radius 3 is 1.76 bits per heavy atom. The van der Waals surface area contributed by atoms with Gasteiger partial charge in [0.1, 0.15) is 13.2 Å². The lowest BCUT2D eigenvalue weighted by atomic mass is 10.5. The van der Waals surface area contributed by atoms with Gasteiger partial charge in [-0.25, -0.2) is 0 Å². The maximum Gasteiger partial charge on any atom is 0.245 e. The largest absolute Gasteiger partial charge is 0.377 e. The molecule has 0 radical (unpaired) electrons. The minimum absolute atomic E-state index is 0.00158. The summed E-state index contributed by atoms with van der Waals surface area (Å²) in [5.41, 5.74) is 0. The zero-order valence-corrected chi connectivity index (χ0v) is 13.0. The van der Waals surface area contributed by atoms with Crippen LogP contribution < -0.4 is 5.32 Å². The van der Waals surface area contributed by atoms with E-state index < -0.39 is 0 Å². The molecule has 0 aliphatic carbocycles. The Hall–Kier alpha value is -1.02. The van der Waals surface area contributed by atoms with Crippen LogP contribution in [0, 0.1) is 0 Å². The lowest BCUT2D eigenvalue weighted by Crippen LogP contribution is -2.28. The zero-order chi connectivity index (χ0) is 15.8. The standard InChI is InChI=1S/C14H27NO6/c1-3-4-15-14(17)12-21-10-8-19-6-5-18-7-9-20-11-13(2)16/h3-12H2,1-2H3,(H,15,17). The quantitative estimate of drug-likeness (QED) is 0.434. The Morgan fingerprint density at radius 2 is 1.29 bits per heavy atom. The lowest BCUT2D eigenvalue weighted by Gasteiger charge is -2.07. The Balaban J connectivity index is 3.09. The van der Waals surface area contributed by atoms with Crippen molar-refractivity contribution in [3.63, 3.8) is 0 Å².